The van der Waals surface area contributed by atoms with Crippen LogP contribution in [0.5, 0.6) is 0 Å². The first-order valence-electron chi connectivity index (χ1n) is 6.88. The third-order valence-corrected chi connectivity index (χ3v) is 3.78. The van der Waals surface area contributed by atoms with E-state index < -0.39 is 0 Å². The maximum absolute atomic E-state index is 11.3. The maximum atomic E-state index is 11.3. The van der Waals surface area contributed by atoms with Crippen LogP contribution in [-0.4, -0.2) is 23.5 Å². The van der Waals surface area contributed by atoms with Crippen LogP contribution in [0.4, 0.5) is 11.4 Å². The Balaban J connectivity index is 1.92. The summed E-state index contributed by atoms with van der Waals surface area (Å²) in [6.07, 6.45) is 3.90. The van der Waals surface area contributed by atoms with Gasteiger partial charge in [0.15, 0.2) is 5.78 Å². The molecular weight excluding hydrogens is 240 g/mol. The Kier molecular flexibility index (Phi) is 4.43. The van der Waals surface area contributed by atoms with Crippen molar-refractivity contribution in [1.82, 2.24) is 0 Å². The lowest BCUT2D eigenvalue weighted by molar-refractivity contribution is 0.101. The predicted octanol–water partition coefficient (Wildman–Crippen LogP) is 2.43. The van der Waals surface area contributed by atoms with Gasteiger partial charge in [-0.3, -0.25) is 4.79 Å². The fraction of sp³-hybridized carbons (Fsp3) is 0.533. The zero-order valence-electron chi connectivity index (χ0n) is 11.4. The van der Waals surface area contributed by atoms with Crippen LogP contribution in [0.2, 0.25) is 0 Å². The lowest BCUT2D eigenvalue weighted by Gasteiger charge is -2.26. The molecule has 1 aromatic carbocycles. The van der Waals surface area contributed by atoms with E-state index >= 15 is 0 Å². The number of aliphatic hydroxyl groups is 1. The molecule has 0 spiro atoms. The van der Waals surface area contributed by atoms with Gasteiger partial charge in [-0.05, 0) is 50.3 Å². The van der Waals surface area contributed by atoms with Gasteiger partial charge in [-0.1, -0.05) is 6.42 Å². The van der Waals surface area contributed by atoms with Crippen LogP contribution in [0.15, 0.2) is 18.2 Å². The molecule has 0 heterocycles. The Morgan fingerprint density at radius 3 is 2.89 bits per heavy atom. The van der Waals surface area contributed by atoms with E-state index in [1.807, 2.05) is 6.07 Å². The first-order valence-corrected chi connectivity index (χ1v) is 6.88. The summed E-state index contributed by atoms with van der Waals surface area (Å²) < 4.78 is 0. The Hall–Kier alpha value is -1.55. The fourth-order valence-corrected chi connectivity index (χ4v) is 2.70. The summed E-state index contributed by atoms with van der Waals surface area (Å²) >= 11 is 0. The summed E-state index contributed by atoms with van der Waals surface area (Å²) in [5.41, 5.74) is 7.87. The van der Waals surface area contributed by atoms with Gasteiger partial charge in [0.1, 0.15) is 0 Å². The third kappa shape index (κ3) is 3.70. The molecule has 4 N–H and O–H groups in total. The number of rotatable bonds is 4. The molecule has 1 aliphatic carbocycles. The maximum Gasteiger partial charge on any atom is 0.161 e. The highest BCUT2D eigenvalue weighted by atomic mass is 16.3. The quantitative estimate of drug-likeness (QED) is 0.575. The van der Waals surface area contributed by atoms with Gasteiger partial charge in [0.25, 0.3) is 0 Å². The smallest absolute Gasteiger partial charge is 0.161 e. The number of carbonyl (C=O) groups is 1. The molecule has 104 valence electrons. The number of nitrogens with one attached hydrogen (secondary N) is 1. The monoisotopic (exact) mass is 262 g/mol. The SMILES string of the molecule is CC(=O)c1ccc(NCC2CCCC(O)C2)cc1N. The number of hydrogen-bond donors (Lipinski definition) is 3. The van der Waals surface area contributed by atoms with Gasteiger partial charge in [-0.2, -0.15) is 0 Å². The molecular formula is C15H22N2O2. The highest BCUT2D eigenvalue weighted by Gasteiger charge is 2.19. The van der Waals surface area contributed by atoms with Crippen molar-refractivity contribution in [2.45, 2.75) is 38.7 Å². The molecule has 1 saturated carbocycles. The molecule has 1 aromatic rings. The van der Waals surface area contributed by atoms with Crippen LogP contribution < -0.4 is 11.1 Å². The molecule has 0 aliphatic heterocycles. The summed E-state index contributed by atoms with van der Waals surface area (Å²) in [6, 6.07) is 5.44. The molecule has 2 atom stereocenters. The number of Topliss-reactive ketones (excluding diaryl/α,β-unsaturated/α-hetero) is 1. The van der Waals surface area contributed by atoms with Gasteiger partial charge in [0.05, 0.1) is 6.10 Å². The van der Waals surface area contributed by atoms with Gasteiger partial charge >= 0.3 is 0 Å². The summed E-state index contributed by atoms with van der Waals surface area (Å²) in [5, 5.41) is 13.0. The van der Waals surface area contributed by atoms with Crippen LogP contribution in [0.25, 0.3) is 0 Å². The topological polar surface area (TPSA) is 75.3 Å². The zero-order chi connectivity index (χ0) is 13.8. The van der Waals surface area contributed by atoms with Crippen molar-refractivity contribution < 1.29 is 9.90 Å². The van der Waals surface area contributed by atoms with Crippen molar-refractivity contribution in [3.05, 3.63) is 23.8 Å². The van der Waals surface area contributed by atoms with E-state index in [0.29, 0.717) is 17.2 Å². The van der Waals surface area contributed by atoms with E-state index in [0.717, 1.165) is 37.9 Å². The number of carbonyl (C=O) groups excluding carboxylic acids is 1. The number of nitrogens with two attached hydrogens (primary N) is 1. The van der Waals surface area contributed by atoms with Crippen molar-refractivity contribution in [1.29, 1.82) is 0 Å². The van der Waals surface area contributed by atoms with Crippen LogP contribution >= 0.6 is 0 Å². The Morgan fingerprint density at radius 2 is 2.26 bits per heavy atom. The van der Waals surface area contributed by atoms with Crippen LogP contribution in [0, 0.1) is 5.92 Å². The van der Waals surface area contributed by atoms with Crippen molar-refractivity contribution in [3.8, 4) is 0 Å². The molecule has 0 saturated heterocycles. The minimum absolute atomic E-state index is 0.0144. The highest BCUT2D eigenvalue weighted by Crippen LogP contribution is 2.25. The van der Waals surface area contributed by atoms with Gasteiger partial charge in [0, 0.05) is 23.5 Å². The number of nitrogen functional groups attached to an aromatic ring is 1. The third-order valence-electron chi connectivity index (χ3n) is 3.78. The number of aliphatic hydroxyl groups excluding tert-OH is 1. The summed E-state index contributed by atoms with van der Waals surface area (Å²) in [5.74, 6) is 0.497. The van der Waals surface area contributed by atoms with Crippen LogP contribution in [0.1, 0.15) is 43.0 Å². The lowest BCUT2D eigenvalue weighted by Crippen LogP contribution is -2.25. The fourth-order valence-electron chi connectivity index (χ4n) is 2.70. The second kappa shape index (κ2) is 6.06. The first kappa shape index (κ1) is 13.9. The number of hydrogen-bond acceptors (Lipinski definition) is 4. The van der Waals surface area contributed by atoms with Crippen LogP contribution in [0.3, 0.4) is 0 Å². The van der Waals surface area contributed by atoms with Crippen molar-refractivity contribution in [2.75, 3.05) is 17.6 Å². The number of benzene rings is 1. The van der Waals surface area contributed by atoms with Gasteiger partial charge in [-0.15, -0.1) is 0 Å². The van der Waals surface area contributed by atoms with E-state index in [2.05, 4.69) is 5.32 Å². The van der Waals surface area contributed by atoms with Crippen LogP contribution in [-0.2, 0) is 0 Å². The van der Waals surface area contributed by atoms with Crippen molar-refractivity contribution in [2.24, 2.45) is 5.92 Å². The lowest BCUT2D eigenvalue weighted by atomic mass is 9.87. The van der Waals surface area contributed by atoms with E-state index in [4.69, 9.17) is 5.73 Å². The van der Waals surface area contributed by atoms with Gasteiger partial charge in [-0.25, -0.2) is 0 Å². The van der Waals surface area contributed by atoms with E-state index in [9.17, 15) is 9.90 Å². The number of anilines is 2. The normalized spacial score (nSPS) is 23.1. The van der Waals surface area contributed by atoms with E-state index in [1.54, 1.807) is 12.1 Å². The molecule has 0 radical (unpaired) electrons. The predicted molar refractivity (Wildman–Crippen MR) is 77.3 cm³/mol. The molecule has 0 aromatic heterocycles. The molecule has 2 rings (SSSR count). The Bertz CT molecular complexity index is 459. The summed E-state index contributed by atoms with van der Waals surface area (Å²) in [4.78, 5) is 11.3. The highest BCUT2D eigenvalue weighted by molar-refractivity contribution is 5.99. The second-order valence-electron chi connectivity index (χ2n) is 5.43. The average Bonchev–Trinajstić information content (AvgIpc) is 2.36. The van der Waals surface area contributed by atoms with Gasteiger partial charge in [0.2, 0.25) is 0 Å². The van der Waals surface area contributed by atoms with Crippen molar-refractivity contribution >= 4 is 17.2 Å². The molecule has 2 unspecified atom stereocenters. The van der Waals surface area contributed by atoms with Crippen molar-refractivity contribution in [3.63, 3.8) is 0 Å². The summed E-state index contributed by atoms with van der Waals surface area (Å²) in [7, 11) is 0. The molecule has 4 heteroatoms. The molecule has 1 fully saturated rings. The molecule has 19 heavy (non-hydrogen) atoms. The summed E-state index contributed by atoms with van der Waals surface area (Å²) in [6.45, 7) is 2.36. The Morgan fingerprint density at radius 1 is 1.47 bits per heavy atom. The van der Waals surface area contributed by atoms with E-state index in [-0.39, 0.29) is 11.9 Å². The molecule has 0 bridgehead atoms. The number of ketones is 1. The minimum atomic E-state index is -0.147. The first-order chi connectivity index (χ1) is 9.06. The molecule has 4 nitrogen and oxygen atoms in total. The second-order valence-corrected chi connectivity index (χ2v) is 5.43. The average molecular weight is 262 g/mol. The van der Waals surface area contributed by atoms with Gasteiger partial charge < -0.3 is 16.2 Å². The Labute approximate surface area is 114 Å². The van der Waals surface area contributed by atoms with E-state index in [1.165, 1.54) is 6.92 Å². The zero-order valence-corrected chi connectivity index (χ0v) is 11.4. The standard InChI is InChI=1S/C15H22N2O2/c1-10(18)14-6-5-12(8-15(14)16)17-9-11-3-2-4-13(19)7-11/h5-6,8,11,13,17,19H,2-4,7,9,16H2,1H3. The minimum Gasteiger partial charge on any atom is -0.398 e. The largest absolute Gasteiger partial charge is 0.398 e. The molecule has 1 aliphatic rings. The molecule has 0 amide bonds.